The lowest BCUT2D eigenvalue weighted by Crippen LogP contribution is -2.29. The number of nitrogens with one attached hydrogen (secondary N) is 1. The Morgan fingerprint density at radius 1 is 1.32 bits per heavy atom. The number of anilines is 1. The molecule has 0 bridgehead atoms. The van der Waals surface area contributed by atoms with Gasteiger partial charge in [0.25, 0.3) is 0 Å². The van der Waals surface area contributed by atoms with Crippen LogP contribution in [0.3, 0.4) is 0 Å². The van der Waals surface area contributed by atoms with Crippen LogP contribution < -0.4 is 11.0 Å². The quantitative estimate of drug-likeness (QED) is 0.743. The third kappa shape index (κ3) is 2.98. The minimum Gasteiger partial charge on any atom is -0.309 e. The Balaban J connectivity index is 1.68. The van der Waals surface area contributed by atoms with E-state index in [1.54, 1.807) is 35.3 Å². The van der Waals surface area contributed by atoms with Crippen LogP contribution >= 0.6 is 11.3 Å². The summed E-state index contributed by atoms with van der Waals surface area (Å²) >= 11 is 1.61. The Hall–Kier alpha value is -2.68. The molecular weight excluding hydrogens is 304 g/mol. The molecule has 1 amide bonds. The van der Waals surface area contributed by atoms with Gasteiger partial charge in [-0.15, -0.1) is 0 Å². The summed E-state index contributed by atoms with van der Waals surface area (Å²) in [5, 5.41) is 14.8. The van der Waals surface area contributed by atoms with Gasteiger partial charge in [-0.05, 0) is 22.4 Å². The highest BCUT2D eigenvalue weighted by atomic mass is 32.1. The fourth-order valence-electron chi connectivity index (χ4n) is 1.97. The standard InChI is InChI=1S/C13H14N6O2S/c1-17-9-15-19(13(17)21)7-12(20)16-11-2-4-14-18(11)6-10-3-5-22-8-10/h2-5,8-9H,6-7H2,1H3,(H,16,20). The van der Waals surface area contributed by atoms with Gasteiger partial charge in [-0.1, -0.05) is 0 Å². The summed E-state index contributed by atoms with van der Waals surface area (Å²) in [6.07, 6.45) is 2.99. The fourth-order valence-corrected chi connectivity index (χ4v) is 2.63. The van der Waals surface area contributed by atoms with E-state index in [4.69, 9.17) is 0 Å². The molecule has 114 valence electrons. The number of nitrogens with zero attached hydrogens (tertiary/aromatic N) is 5. The Morgan fingerprint density at radius 2 is 2.18 bits per heavy atom. The van der Waals surface area contributed by atoms with Crippen molar-refractivity contribution in [2.75, 3.05) is 5.32 Å². The second-order valence-corrected chi connectivity index (χ2v) is 5.52. The lowest BCUT2D eigenvalue weighted by molar-refractivity contribution is -0.117. The van der Waals surface area contributed by atoms with Crippen molar-refractivity contribution < 1.29 is 4.79 Å². The maximum atomic E-state index is 12.0. The van der Waals surface area contributed by atoms with Gasteiger partial charge in [0, 0.05) is 13.1 Å². The molecule has 8 nitrogen and oxygen atoms in total. The average Bonchev–Trinajstić information content (AvgIpc) is 3.20. The van der Waals surface area contributed by atoms with Crippen LogP contribution in [0.5, 0.6) is 0 Å². The predicted octanol–water partition coefficient (Wildman–Crippen LogP) is 0.527. The minimum absolute atomic E-state index is 0.136. The van der Waals surface area contributed by atoms with Crippen molar-refractivity contribution in [1.29, 1.82) is 0 Å². The Morgan fingerprint density at radius 3 is 2.86 bits per heavy atom. The molecule has 0 saturated carbocycles. The van der Waals surface area contributed by atoms with Crippen LogP contribution in [-0.2, 0) is 24.9 Å². The molecule has 0 spiro atoms. The van der Waals surface area contributed by atoms with E-state index in [9.17, 15) is 9.59 Å². The van der Waals surface area contributed by atoms with E-state index in [0.29, 0.717) is 12.4 Å². The third-order valence-corrected chi connectivity index (χ3v) is 3.81. The van der Waals surface area contributed by atoms with E-state index in [1.165, 1.54) is 10.9 Å². The summed E-state index contributed by atoms with van der Waals surface area (Å²) in [7, 11) is 1.58. The molecule has 3 aromatic heterocycles. The van der Waals surface area contributed by atoms with Crippen molar-refractivity contribution in [1.82, 2.24) is 24.1 Å². The van der Waals surface area contributed by atoms with Gasteiger partial charge in [0.1, 0.15) is 18.7 Å². The molecule has 0 fully saturated rings. The van der Waals surface area contributed by atoms with E-state index >= 15 is 0 Å². The van der Waals surface area contributed by atoms with Gasteiger partial charge in [-0.25, -0.2) is 14.2 Å². The van der Waals surface area contributed by atoms with Crippen LogP contribution in [0, 0.1) is 0 Å². The molecule has 3 heterocycles. The monoisotopic (exact) mass is 318 g/mol. The molecule has 22 heavy (non-hydrogen) atoms. The van der Waals surface area contributed by atoms with Crippen LogP contribution in [-0.4, -0.2) is 30.0 Å². The summed E-state index contributed by atoms with van der Waals surface area (Å²) in [4.78, 5) is 23.7. The number of amides is 1. The molecule has 0 saturated heterocycles. The molecule has 1 N–H and O–H groups in total. The van der Waals surface area contributed by atoms with Crippen molar-refractivity contribution in [2.45, 2.75) is 13.1 Å². The van der Waals surface area contributed by atoms with E-state index in [-0.39, 0.29) is 18.1 Å². The number of hydrogen-bond acceptors (Lipinski definition) is 5. The van der Waals surface area contributed by atoms with E-state index in [0.717, 1.165) is 10.2 Å². The minimum atomic E-state index is -0.332. The lowest BCUT2D eigenvalue weighted by Gasteiger charge is -2.08. The number of aryl methyl sites for hydroxylation is 1. The maximum absolute atomic E-state index is 12.0. The summed E-state index contributed by atoms with van der Waals surface area (Å²) < 4.78 is 4.12. The first-order chi connectivity index (χ1) is 10.6. The Labute approximate surface area is 129 Å². The SMILES string of the molecule is Cn1cnn(CC(=O)Nc2ccnn2Cc2ccsc2)c1=O. The zero-order valence-corrected chi connectivity index (χ0v) is 12.7. The summed E-state index contributed by atoms with van der Waals surface area (Å²) in [6.45, 7) is 0.443. The van der Waals surface area contributed by atoms with E-state index in [1.807, 2.05) is 16.8 Å². The normalized spacial score (nSPS) is 10.8. The topological polar surface area (TPSA) is 86.7 Å². The van der Waals surface area contributed by atoms with Gasteiger partial charge in [-0.2, -0.15) is 21.5 Å². The van der Waals surface area contributed by atoms with E-state index in [2.05, 4.69) is 15.5 Å². The number of aromatic nitrogens is 5. The number of thiophene rings is 1. The van der Waals surface area contributed by atoms with Gasteiger partial charge >= 0.3 is 5.69 Å². The fraction of sp³-hybridized carbons (Fsp3) is 0.231. The highest BCUT2D eigenvalue weighted by molar-refractivity contribution is 7.07. The molecule has 3 rings (SSSR count). The van der Waals surface area contributed by atoms with Crippen molar-refractivity contribution in [2.24, 2.45) is 7.05 Å². The molecule has 9 heteroatoms. The van der Waals surface area contributed by atoms with E-state index < -0.39 is 0 Å². The maximum Gasteiger partial charge on any atom is 0.345 e. The Bertz CT molecular complexity index is 829. The first-order valence-electron chi connectivity index (χ1n) is 6.54. The number of carbonyl (C=O) groups is 1. The van der Waals surface area contributed by atoms with Crippen LogP contribution in [0.25, 0.3) is 0 Å². The molecule has 0 aliphatic rings. The summed E-state index contributed by atoms with van der Waals surface area (Å²) in [5.74, 6) is 0.257. The van der Waals surface area contributed by atoms with Gasteiger partial charge < -0.3 is 5.32 Å². The van der Waals surface area contributed by atoms with Gasteiger partial charge in [-0.3, -0.25) is 9.36 Å². The highest BCUT2D eigenvalue weighted by Crippen LogP contribution is 2.12. The smallest absolute Gasteiger partial charge is 0.309 e. The van der Waals surface area contributed by atoms with Crippen molar-refractivity contribution in [3.8, 4) is 0 Å². The summed E-state index contributed by atoms with van der Waals surface area (Å²) in [5.41, 5.74) is 0.784. The molecule has 0 unspecified atom stereocenters. The number of rotatable bonds is 5. The van der Waals surface area contributed by atoms with Crippen LogP contribution in [0.1, 0.15) is 5.56 Å². The molecule has 3 aromatic rings. The number of carbonyl (C=O) groups excluding carboxylic acids is 1. The molecule has 0 aliphatic heterocycles. The van der Waals surface area contributed by atoms with Gasteiger partial charge in [0.05, 0.1) is 12.7 Å². The van der Waals surface area contributed by atoms with Gasteiger partial charge in [0.2, 0.25) is 5.91 Å². The molecule has 0 radical (unpaired) electrons. The van der Waals surface area contributed by atoms with Crippen LogP contribution in [0.4, 0.5) is 5.82 Å². The number of hydrogen-bond donors (Lipinski definition) is 1. The second-order valence-electron chi connectivity index (χ2n) is 4.74. The van der Waals surface area contributed by atoms with Crippen molar-refractivity contribution >= 4 is 23.1 Å². The molecule has 0 aliphatic carbocycles. The summed E-state index contributed by atoms with van der Waals surface area (Å²) in [6, 6.07) is 3.72. The zero-order chi connectivity index (χ0) is 15.5. The molecular formula is C13H14N6O2S. The Kier molecular flexibility index (Phi) is 3.88. The van der Waals surface area contributed by atoms with Crippen molar-refractivity contribution in [3.63, 3.8) is 0 Å². The molecule has 0 aromatic carbocycles. The first-order valence-corrected chi connectivity index (χ1v) is 7.49. The highest BCUT2D eigenvalue weighted by Gasteiger charge is 2.11. The second kappa shape index (κ2) is 5.98. The third-order valence-electron chi connectivity index (χ3n) is 3.08. The first kappa shape index (κ1) is 14.3. The largest absolute Gasteiger partial charge is 0.345 e. The predicted molar refractivity (Wildman–Crippen MR) is 81.7 cm³/mol. The van der Waals surface area contributed by atoms with Crippen molar-refractivity contribution in [3.05, 3.63) is 51.5 Å². The molecule has 0 atom stereocenters. The zero-order valence-electron chi connectivity index (χ0n) is 11.8. The van der Waals surface area contributed by atoms with Crippen LogP contribution in [0.2, 0.25) is 0 Å². The lowest BCUT2D eigenvalue weighted by atomic mass is 10.3. The average molecular weight is 318 g/mol. The van der Waals surface area contributed by atoms with Crippen LogP contribution in [0.15, 0.2) is 40.2 Å². The van der Waals surface area contributed by atoms with Gasteiger partial charge in [0.15, 0.2) is 0 Å².